The Balaban J connectivity index is 1.46. The van der Waals surface area contributed by atoms with E-state index in [0.717, 1.165) is 16.8 Å². The number of hydrogen-bond donors (Lipinski definition) is 3. The highest BCUT2D eigenvalue weighted by atomic mass is 32.2. The van der Waals surface area contributed by atoms with Crippen molar-refractivity contribution in [2.45, 2.75) is 56.9 Å². The molecular formula is C18H25N3O4S. The predicted molar refractivity (Wildman–Crippen MR) is 99.8 cm³/mol. The van der Waals surface area contributed by atoms with Crippen LogP contribution in [0.4, 0.5) is 10.5 Å². The Morgan fingerprint density at radius 1 is 1.15 bits per heavy atom. The van der Waals surface area contributed by atoms with Gasteiger partial charge in [0.15, 0.2) is 9.84 Å². The average Bonchev–Trinajstić information content (AvgIpc) is 2.94. The van der Waals surface area contributed by atoms with Crippen molar-refractivity contribution in [3.63, 3.8) is 0 Å². The lowest BCUT2D eigenvalue weighted by Crippen LogP contribution is -2.39. The molecule has 0 aromatic heterocycles. The van der Waals surface area contributed by atoms with Crippen molar-refractivity contribution >= 4 is 27.5 Å². The lowest BCUT2D eigenvalue weighted by atomic mass is 10.0. The summed E-state index contributed by atoms with van der Waals surface area (Å²) in [6.45, 7) is 3.96. The van der Waals surface area contributed by atoms with E-state index in [1.807, 2.05) is 32.0 Å². The summed E-state index contributed by atoms with van der Waals surface area (Å²) in [6, 6.07) is 4.91. The number of carbonyl (C=O) groups is 2. The number of carbonyl (C=O) groups excluding carboxylic acids is 2. The van der Waals surface area contributed by atoms with E-state index in [1.54, 1.807) is 0 Å². The Morgan fingerprint density at radius 2 is 1.85 bits per heavy atom. The van der Waals surface area contributed by atoms with E-state index in [-0.39, 0.29) is 29.8 Å². The molecule has 2 aliphatic heterocycles. The second kappa shape index (κ2) is 7.26. The van der Waals surface area contributed by atoms with E-state index in [1.165, 1.54) is 0 Å². The minimum absolute atomic E-state index is 0.00569. The van der Waals surface area contributed by atoms with Crippen LogP contribution in [0.3, 0.4) is 0 Å². The smallest absolute Gasteiger partial charge is 0.315 e. The number of amides is 3. The first-order valence-corrected chi connectivity index (χ1v) is 10.6. The molecular weight excluding hydrogens is 354 g/mol. The maximum atomic E-state index is 12.2. The Bertz CT molecular complexity index is 801. The molecule has 2 fully saturated rings. The van der Waals surface area contributed by atoms with Crippen LogP contribution in [0.2, 0.25) is 0 Å². The first kappa shape index (κ1) is 18.7. The second-order valence-corrected chi connectivity index (χ2v) is 9.55. The predicted octanol–water partition coefficient (Wildman–Crippen LogP) is 1.65. The third-order valence-corrected chi connectivity index (χ3v) is 7.24. The van der Waals surface area contributed by atoms with E-state index in [9.17, 15) is 18.0 Å². The van der Waals surface area contributed by atoms with Gasteiger partial charge in [0.25, 0.3) is 0 Å². The van der Waals surface area contributed by atoms with Crippen LogP contribution in [-0.4, -0.2) is 43.4 Å². The highest BCUT2D eigenvalue weighted by Crippen LogP contribution is 2.28. The van der Waals surface area contributed by atoms with Crippen molar-refractivity contribution in [3.05, 3.63) is 29.3 Å². The molecule has 3 N–H and O–H groups in total. The summed E-state index contributed by atoms with van der Waals surface area (Å²) >= 11 is 0. The lowest BCUT2D eigenvalue weighted by Gasteiger charge is -2.16. The monoisotopic (exact) mass is 379 g/mol. The summed E-state index contributed by atoms with van der Waals surface area (Å²) in [5.74, 6) is -0.0770. The van der Waals surface area contributed by atoms with E-state index in [0.29, 0.717) is 25.7 Å². The number of anilines is 1. The van der Waals surface area contributed by atoms with Crippen LogP contribution in [0.5, 0.6) is 0 Å². The van der Waals surface area contributed by atoms with E-state index >= 15 is 0 Å². The van der Waals surface area contributed by atoms with Gasteiger partial charge in [-0.05, 0) is 49.9 Å². The summed E-state index contributed by atoms with van der Waals surface area (Å²) in [5, 5.41) is 7.68. The molecule has 0 saturated carbocycles. The highest BCUT2D eigenvalue weighted by Gasteiger charge is 2.51. The summed E-state index contributed by atoms with van der Waals surface area (Å²) < 4.78 is 24.5. The van der Waals surface area contributed by atoms with E-state index < -0.39 is 15.1 Å². The van der Waals surface area contributed by atoms with Crippen molar-refractivity contribution in [2.75, 3.05) is 11.1 Å². The first-order chi connectivity index (χ1) is 12.2. The Morgan fingerprint density at radius 3 is 2.54 bits per heavy atom. The van der Waals surface area contributed by atoms with Crippen molar-refractivity contribution in [1.82, 2.24) is 10.6 Å². The molecule has 0 radical (unpaired) electrons. The standard InChI is InChI=1S/C18H25N3O4S/c1-11-7-12(2)9-13(8-11)19-16(22)6-4-3-5-15-17-14(10-26(15,24)25)20-18(23)21-17/h7-9,14-15,17H,3-6,10H2,1-2H3,(H,19,22)(H2,20,21,23)/t14-,15-,17+/m1/s1. The minimum atomic E-state index is -3.21. The van der Waals surface area contributed by atoms with Crippen molar-refractivity contribution in [3.8, 4) is 0 Å². The summed E-state index contributed by atoms with van der Waals surface area (Å²) in [6.07, 6.45) is 2.05. The van der Waals surface area contributed by atoms with Gasteiger partial charge in [-0.25, -0.2) is 13.2 Å². The largest absolute Gasteiger partial charge is 0.332 e. The van der Waals surface area contributed by atoms with Gasteiger partial charge in [0, 0.05) is 12.1 Å². The van der Waals surface area contributed by atoms with Crippen LogP contribution < -0.4 is 16.0 Å². The van der Waals surface area contributed by atoms with Gasteiger partial charge in [-0.3, -0.25) is 4.79 Å². The fraction of sp³-hybridized carbons (Fsp3) is 0.556. The molecule has 7 nitrogen and oxygen atoms in total. The minimum Gasteiger partial charge on any atom is -0.332 e. The SMILES string of the molecule is Cc1cc(C)cc(NC(=O)CCCC[C@@H]2[C@H]3NC(=O)N[C@@H]3CS2(=O)=O)c1. The molecule has 3 atom stereocenters. The van der Waals surface area contributed by atoms with Gasteiger partial charge >= 0.3 is 6.03 Å². The highest BCUT2D eigenvalue weighted by molar-refractivity contribution is 7.92. The van der Waals surface area contributed by atoms with Crippen molar-refractivity contribution < 1.29 is 18.0 Å². The van der Waals surface area contributed by atoms with Crippen molar-refractivity contribution in [1.29, 1.82) is 0 Å². The van der Waals surface area contributed by atoms with Gasteiger partial charge in [0.1, 0.15) is 0 Å². The Kier molecular flexibility index (Phi) is 5.22. The zero-order valence-corrected chi connectivity index (χ0v) is 15.9. The number of urea groups is 1. The van der Waals surface area contributed by atoms with Crippen LogP contribution in [0.1, 0.15) is 36.8 Å². The normalized spacial score (nSPS) is 26.1. The van der Waals surface area contributed by atoms with Gasteiger partial charge in [-0.2, -0.15) is 0 Å². The molecule has 0 bridgehead atoms. The van der Waals surface area contributed by atoms with Crippen LogP contribution in [-0.2, 0) is 14.6 Å². The maximum absolute atomic E-state index is 12.2. The summed E-state index contributed by atoms with van der Waals surface area (Å²) in [5.41, 5.74) is 2.97. The fourth-order valence-electron chi connectivity index (χ4n) is 3.91. The number of rotatable bonds is 6. The van der Waals surface area contributed by atoms with Gasteiger partial charge in [0.2, 0.25) is 5.91 Å². The number of sulfone groups is 1. The Hall–Kier alpha value is -2.09. The molecule has 2 heterocycles. The average molecular weight is 379 g/mol. The molecule has 0 aliphatic carbocycles. The number of fused-ring (bicyclic) bond motifs is 1. The zero-order valence-electron chi connectivity index (χ0n) is 15.0. The Labute approximate surface area is 153 Å². The van der Waals surface area contributed by atoms with Crippen LogP contribution in [0.25, 0.3) is 0 Å². The van der Waals surface area contributed by atoms with Crippen LogP contribution in [0.15, 0.2) is 18.2 Å². The number of benzene rings is 1. The molecule has 1 aromatic carbocycles. The quantitative estimate of drug-likeness (QED) is 0.516. The molecule has 1 aromatic rings. The third-order valence-electron chi connectivity index (χ3n) is 4.97. The zero-order chi connectivity index (χ0) is 18.9. The van der Waals surface area contributed by atoms with Crippen LogP contribution in [0, 0.1) is 13.8 Å². The maximum Gasteiger partial charge on any atom is 0.315 e. The molecule has 26 heavy (non-hydrogen) atoms. The van der Waals surface area contributed by atoms with Crippen molar-refractivity contribution in [2.24, 2.45) is 0 Å². The summed E-state index contributed by atoms with van der Waals surface area (Å²) in [4.78, 5) is 23.5. The number of hydrogen-bond acceptors (Lipinski definition) is 4. The third kappa shape index (κ3) is 4.17. The second-order valence-electron chi connectivity index (χ2n) is 7.29. The molecule has 2 aliphatic rings. The number of nitrogens with one attached hydrogen (secondary N) is 3. The first-order valence-electron chi connectivity index (χ1n) is 8.91. The molecule has 0 spiro atoms. The number of unbranched alkanes of at least 4 members (excludes halogenated alkanes) is 1. The molecule has 0 unspecified atom stereocenters. The van der Waals surface area contributed by atoms with Gasteiger partial charge < -0.3 is 16.0 Å². The molecule has 142 valence electrons. The topological polar surface area (TPSA) is 104 Å². The number of aryl methyl sites for hydroxylation is 2. The molecule has 8 heteroatoms. The molecule has 2 saturated heterocycles. The van der Waals surface area contributed by atoms with Gasteiger partial charge in [-0.1, -0.05) is 12.5 Å². The van der Waals surface area contributed by atoms with Crippen LogP contribution >= 0.6 is 0 Å². The lowest BCUT2D eigenvalue weighted by molar-refractivity contribution is -0.116. The summed E-state index contributed by atoms with van der Waals surface area (Å²) in [7, 11) is -3.21. The van der Waals surface area contributed by atoms with E-state index in [2.05, 4.69) is 16.0 Å². The van der Waals surface area contributed by atoms with Gasteiger partial charge in [-0.15, -0.1) is 0 Å². The molecule has 3 amide bonds. The van der Waals surface area contributed by atoms with E-state index in [4.69, 9.17) is 0 Å². The molecule has 3 rings (SSSR count). The van der Waals surface area contributed by atoms with Gasteiger partial charge in [0.05, 0.1) is 23.1 Å². The fourth-order valence-corrected chi connectivity index (χ4v) is 6.18.